The molecule has 0 aliphatic rings. The number of rotatable bonds is 3. The molecular formula is C9H7FO2S. The molecule has 0 radical (unpaired) electrons. The predicted octanol–water partition coefficient (Wildman–Crippen LogP) is 2.52. The highest BCUT2D eigenvalue weighted by Crippen LogP contribution is 2.18. The lowest BCUT2D eigenvalue weighted by Crippen LogP contribution is -1.84. The van der Waals surface area contributed by atoms with Crippen molar-refractivity contribution in [2.45, 2.75) is 4.90 Å². The van der Waals surface area contributed by atoms with Gasteiger partial charge >= 0.3 is 5.97 Å². The maximum Gasteiger partial charge on any atom is 0.328 e. The Morgan fingerprint density at radius 2 is 2.00 bits per heavy atom. The SMILES string of the molecule is O=C(O)/C=C/Sc1ccc(F)cc1. The lowest BCUT2D eigenvalue weighted by atomic mass is 10.4. The van der Waals surface area contributed by atoms with E-state index in [1.54, 1.807) is 12.1 Å². The summed E-state index contributed by atoms with van der Waals surface area (Å²) in [7, 11) is 0. The minimum atomic E-state index is -0.991. The van der Waals surface area contributed by atoms with Gasteiger partial charge in [0.25, 0.3) is 0 Å². The minimum Gasteiger partial charge on any atom is -0.478 e. The Bertz CT molecular complexity index is 319. The summed E-state index contributed by atoms with van der Waals surface area (Å²) in [6.07, 6.45) is 1.04. The molecule has 0 heterocycles. The molecule has 0 aromatic heterocycles. The summed E-state index contributed by atoms with van der Waals surface area (Å²) < 4.78 is 12.4. The van der Waals surface area contributed by atoms with Gasteiger partial charge in [-0.05, 0) is 29.7 Å². The van der Waals surface area contributed by atoms with Gasteiger partial charge in [-0.25, -0.2) is 9.18 Å². The molecule has 1 rings (SSSR count). The molecule has 0 amide bonds. The molecule has 0 atom stereocenters. The topological polar surface area (TPSA) is 37.3 Å². The van der Waals surface area contributed by atoms with E-state index in [0.29, 0.717) is 0 Å². The molecule has 13 heavy (non-hydrogen) atoms. The van der Waals surface area contributed by atoms with E-state index in [1.165, 1.54) is 29.3 Å². The Balaban J connectivity index is 2.55. The molecule has 0 saturated carbocycles. The van der Waals surface area contributed by atoms with E-state index in [-0.39, 0.29) is 5.82 Å². The Kier molecular flexibility index (Phi) is 3.52. The number of thioether (sulfide) groups is 1. The molecular weight excluding hydrogens is 191 g/mol. The molecule has 0 bridgehead atoms. The number of carboxylic acid groups (broad SMARTS) is 1. The quantitative estimate of drug-likeness (QED) is 0.599. The summed E-state index contributed by atoms with van der Waals surface area (Å²) in [5, 5.41) is 9.72. The molecule has 0 aliphatic heterocycles. The minimum absolute atomic E-state index is 0.299. The monoisotopic (exact) mass is 198 g/mol. The third-order valence-corrected chi connectivity index (χ3v) is 2.04. The molecule has 0 fully saturated rings. The van der Waals surface area contributed by atoms with E-state index in [0.717, 1.165) is 11.0 Å². The fourth-order valence-electron chi connectivity index (χ4n) is 0.684. The van der Waals surface area contributed by atoms with Crippen molar-refractivity contribution in [2.24, 2.45) is 0 Å². The lowest BCUT2D eigenvalue weighted by Gasteiger charge is -1.93. The van der Waals surface area contributed by atoms with Crippen LogP contribution in [0.4, 0.5) is 4.39 Å². The van der Waals surface area contributed by atoms with Crippen molar-refractivity contribution >= 4 is 17.7 Å². The zero-order valence-corrected chi connectivity index (χ0v) is 7.42. The Morgan fingerprint density at radius 1 is 1.38 bits per heavy atom. The van der Waals surface area contributed by atoms with Gasteiger partial charge in [0.2, 0.25) is 0 Å². The van der Waals surface area contributed by atoms with Crippen molar-refractivity contribution in [2.75, 3.05) is 0 Å². The average molecular weight is 198 g/mol. The fourth-order valence-corrected chi connectivity index (χ4v) is 1.32. The van der Waals surface area contributed by atoms with E-state index in [4.69, 9.17) is 5.11 Å². The standard InChI is InChI=1S/C9H7FO2S/c10-7-1-3-8(4-2-7)13-6-5-9(11)12/h1-6H,(H,11,12)/b6-5+. The zero-order valence-electron chi connectivity index (χ0n) is 6.61. The van der Waals surface area contributed by atoms with Crippen molar-refractivity contribution in [3.8, 4) is 0 Å². The van der Waals surface area contributed by atoms with Crippen LogP contribution in [0.25, 0.3) is 0 Å². The Morgan fingerprint density at radius 3 is 2.54 bits per heavy atom. The summed E-state index contributed by atoms with van der Waals surface area (Å²) in [4.78, 5) is 10.9. The van der Waals surface area contributed by atoms with Crippen molar-refractivity contribution in [3.63, 3.8) is 0 Å². The average Bonchev–Trinajstić information content (AvgIpc) is 2.08. The van der Waals surface area contributed by atoms with Gasteiger partial charge in [0.15, 0.2) is 0 Å². The molecule has 1 aromatic carbocycles. The summed E-state index contributed by atoms with van der Waals surface area (Å²) in [6, 6.07) is 5.84. The van der Waals surface area contributed by atoms with Crippen LogP contribution in [0.3, 0.4) is 0 Å². The first kappa shape index (κ1) is 9.80. The van der Waals surface area contributed by atoms with Gasteiger partial charge in [-0.15, -0.1) is 0 Å². The van der Waals surface area contributed by atoms with Crippen LogP contribution in [0, 0.1) is 5.82 Å². The number of halogens is 1. The van der Waals surface area contributed by atoms with Crippen molar-refractivity contribution in [1.82, 2.24) is 0 Å². The normalized spacial score (nSPS) is 10.5. The van der Waals surface area contributed by atoms with E-state index in [1.807, 2.05) is 0 Å². The maximum absolute atomic E-state index is 12.4. The van der Waals surface area contributed by atoms with E-state index in [2.05, 4.69) is 0 Å². The van der Waals surface area contributed by atoms with Gasteiger partial charge in [0.1, 0.15) is 5.82 Å². The Labute approximate surface area is 79.1 Å². The summed E-state index contributed by atoms with van der Waals surface area (Å²) in [6.45, 7) is 0. The van der Waals surface area contributed by atoms with Gasteiger partial charge in [-0.2, -0.15) is 0 Å². The number of aliphatic carboxylic acids is 1. The first-order valence-electron chi connectivity index (χ1n) is 3.50. The molecule has 2 nitrogen and oxygen atoms in total. The van der Waals surface area contributed by atoms with Crippen LogP contribution < -0.4 is 0 Å². The second-order valence-corrected chi connectivity index (χ2v) is 3.19. The van der Waals surface area contributed by atoms with Crippen LogP contribution in [0.5, 0.6) is 0 Å². The summed E-state index contributed by atoms with van der Waals surface area (Å²) >= 11 is 1.23. The first-order chi connectivity index (χ1) is 6.18. The van der Waals surface area contributed by atoms with Crippen LogP contribution in [-0.2, 0) is 4.79 Å². The van der Waals surface area contributed by atoms with Gasteiger partial charge in [-0.3, -0.25) is 0 Å². The maximum atomic E-state index is 12.4. The molecule has 4 heteroatoms. The second kappa shape index (κ2) is 4.67. The number of hydrogen-bond donors (Lipinski definition) is 1. The van der Waals surface area contributed by atoms with Crippen LogP contribution >= 0.6 is 11.8 Å². The molecule has 0 spiro atoms. The largest absolute Gasteiger partial charge is 0.478 e. The van der Waals surface area contributed by atoms with Crippen molar-refractivity contribution in [1.29, 1.82) is 0 Å². The van der Waals surface area contributed by atoms with Crippen LogP contribution in [0.1, 0.15) is 0 Å². The van der Waals surface area contributed by atoms with Gasteiger partial charge < -0.3 is 5.11 Å². The number of benzene rings is 1. The van der Waals surface area contributed by atoms with Crippen molar-refractivity contribution in [3.05, 3.63) is 41.6 Å². The summed E-state index contributed by atoms with van der Waals surface area (Å²) in [5.74, 6) is -1.29. The first-order valence-corrected chi connectivity index (χ1v) is 4.38. The number of hydrogen-bond acceptors (Lipinski definition) is 2. The molecule has 0 saturated heterocycles. The van der Waals surface area contributed by atoms with E-state index >= 15 is 0 Å². The van der Waals surface area contributed by atoms with Gasteiger partial charge in [0.05, 0.1) is 0 Å². The zero-order chi connectivity index (χ0) is 9.68. The van der Waals surface area contributed by atoms with Gasteiger partial charge in [0, 0.05) is 11.0 Å². The van der Waals surface area contributed by atoms with E-state index in [9.17, 15) is 9.18 Å². The third kappa shape index (κ3) is 3.75. The fraction of sp³-hybridized carbons (Fsp3) is 0. The lowest BCUT2D eigenvalue weighted by molar-refractivity contribution is -0.131. The van der Waals surface area contributed by atoms with Crippen molar-refractivity contribution < 1.29 is 14.3 Å². The highest BCUT2D eigenvalue weighted by atomic mass is 32.2. The molecule has 1 aromatic rings. The highest BCUT2D eigenvalue weighted by molar-refractivity contribution is 8.02. The van der Waals surface area contributed by atoms with Crippen LogP contribution in [0.15, 0.2) is 40.6 Å². The molecule has 68 valence electrons. The van der Waals surface area contributed by atoms with E-state index < -0.39 is 5.97 Å². The molecule has 1 N–H and O–H groups in total. The van der Waals surface area contributed by atoms with Gasteiger partial charge in [-0.1, -0.05) is 11.8 Å². The van der Waals surface area contributed by atoms with Crippen LogP contribution in [-0.4, -0.2) is 11.1 Å². The van der Waals surface area contributed by atoms with Crippen LogP contribution in [0.2, 0.25) is 0 Å². The molecule has 0 aliphatic carbocycles. The Hall–Kier alpha value is -1.29. The number of carbonyl (C=O) groups is 1. The third-order valence-electron chi connectivity index (χ3n) is 1.23. The second-order valence-electron chi connectivity index (χ2n) is 2.21. The highest BCUT2D eigenvalue weighted by Gasteiger charge is 1.92. The summed E-state index contributed by atoms with van der Waals surface area (Å²) in [5.41, 5.74) is 0. The number of carboxylic acids is 1. The predicted molar refractivity (Wildman–Crippen MR) is 49.0 cm³/mol. The molecule has 0 unspecified atom stereocenters. The smallest absolute Gasteiger partial charge is 0.328 e.